The molecule has 0 amide bonds. The molecular weight excluding hydrogens is 334 g/mol. The monoisotopic (exact) mass is 361 g/mol. The number of aryl methyl sites for hydroxylation is 1. The van der Waals surface area contributed by atoms with Gasteiger partial charge in [-0.3, -0.25) is 9.58 Å². The summed E-state index contributed by atoms with van der Waals surface area (Å²) in [4.78, 5) is 2.48. The summed E-state index contributed by atoms with van der Waals surface area (Å²) in [7, 11) is 1.97. The number of nitrogens with zero attached hydrogens (tertiary/aromatic N) is 3. The number of rotatable bonds is 6. The van der Waals surface area contributed by atoms with E-state index in [0.29, 0.717) is 5.92 Å². The Kier molecular flexibility index (Phi) is 5.66. The maximum atomic E-state index is 6.16. The largest absolute Gasteiger partial charge is 0.376 e. The zero-order valence-electron chi connectivity index (χ0n) is 15.9. The van der Waals surface area contributed by atoms with Crippen LogP contribution in [0.4, 0.5) is 0 Å². The van der Waals surface area contributed by atoms with Crippen LogP contribution in [0, 0.1) is 0 Å². The Morgan fingerprint density at radius 2 is 1.70 bits per heavy atom. The van der Waals surface area contributed by atoms with Gasteiger partial charge in [0.25, 0.3) is 0 Å². The molecule has 1 aromatic heterocycles. The summed E-state index contributed by atoms with van der Waals surface area (Å²) in [5, 5.41) is 4.29. The molecule has 0 radical (unpaired) electrons. The van der Waals surface area contributed by atoms with Crippen LogP contribution in [0.5, 0.6) is 0 Å². The third kappa shape index (κ3) is 4.65. The van der Waals surface area contributed by atoms with E-state index in [9.17, 15) is 0 Å². The van der Waals surface area contributed by atoms with E-state index in [4.69, 9.17) is 4.74 Å². The van der Waals surface area contributed by atoms with Gasteiger partial charge in [-0.05, 0) is 17.5 Å². The second-order valence-electron chi connectivity index (χ2n) is 7.36. The molecule has 1 aliphatic heterocycles. The van der Waals surface area contributed by atoms with Gasteiger partial charge in [0.15, 0.2) is 0 Å². The highest BCUT2D eigenvalue weighted by Crippen LogP contribution is 2.31. The van der Waals surface area contributed by atoms with Gasteiger partial charge in [-0.25, -0.2) is 0 Å². The Morgan fingerprint density at radius 1 is 1.04 bits per heavy atom. The first-order valence-electron chi connectivity index (χ1n) is 9.69. The molecule has 2 heterocycles. The summed E-state index contributed by atoms with van der Waals surface area (Å²) in [5.41, 5.74) is 3.98. The molecule has 1 aliphatic rings. The fourth-order valence-electron chi connectivity index (χ4n) is 3.98. The first kappa shape index (κ1) is 18.0. The van der Waals surface area contributed by atoms with Crippen molar-refractivity contribution in [3.05, 3.63) is 89.7 Å². The minimum atomic E-state index is 0.237. The topological polar surface area (TPSA) is 30.3 Å². The smallest absolute Gasteiger partial charge is 0.0711 e. The second-order valence-corrected chi connectivity index (χ2v) is 7.36. The molecule has 0 saturated carbocycles. The molecule has 4 heteroatoms. The molecule has 4 rings (SSSR count). The normalized spacial score (nSPS) is 18.1. The summed E-state index contributed by atoms with van der Waals surface area (Å²) >= 11 is 0. The zero-order valence-corrected chi connectivity index (χ0v) is 15.9. The predicted molar refractivity (Wildman–Crippen MR) is 108 cm³/mol. The van der Waals surface area contributed by atoms with E-state index in [1.54, 1.807) is 0 Å². The fraction of sp³-hybridized carbons (Fsp3) is 0.348. The van der Waals surface area contributed by atoms with Gasteiger partial charge >= 0.3 is 0 Å². The van der Waals surface area contributed by atoms with E-state index in [-0.39, 0.29) is 6.10 Å². The van der Waals surface area contributed by atoms with Crippen LogP contribution in [0.3, 0.4) is 0 Å². The summed E-state index contributed by atoms with van der Waals surface area (Å²) in [6.45, 7) is 3.67. The lowest BCUT2D eigenvalue weighted by Crippen LogP contribution is -2.42. The molecule has 2 aromatic carbocycles. The first-order chi connectivity index (χ1) is 13.3. The average Bonchev–Trinajstić information content (AvgIpc) is 3.12. The number of hydrogen-bond donors (Lipinski definition) is 0. The molecule has 4 nitrogen and oxygen atoms in total. The van der Waals surface area contributed by atoms with Crippen molar-refractivity contribution < 1.29 is 4.74 Å². The van der Waals surface area contributed by atoms with E-state index in [0.717, 1.165) is 32.7 Å². The maximum absolute atomic E-state index is 6.16. The SMILES string of the molecule is Cn1cc(CN2CCO[C@H](CC(c3ccccc3)c3ccccc3)C2)cn1. The Bertz CT molecular complexity index is 792. The molecule has 3 aromatic rings. The van der Waals surface area contributed by atoms with Gasteiger partial charge < -0.3 is 4.74 Å². The van der Waals surface area contributed by atoms with E-state index in [1.807, 2.05) is 17.9 Å². The Morgan fingerprint density at radius 3 is 2.30 bits per heavy atom. The van der Waals surface area contributed by atoms with Crippen molar-refractivity contribution in [1.82, 2.24) is 14.7 Å². The molecule has 0 aliphatic carbocycles. The van der Waals surface area contributed by atoms with E-state index < -0.39 is 0 Å². The van der Waals surface area contributed by atoms with Crippen LogP contribution in [0.1, 0.15) is 29.0 Å². The molecule has 0 unspecified atom stereocenters. The summed E-state index contributed by atoms with van der Waals surface area (Å²) in [5.74, 6) is 0.357. The van der Waals surface area contributed by atoms with Crippen LogP contribution in [-0.2, 0) is 18.3 Å². The highest BCUT2D eigenvalue weighted by molar-refractivity contribution is 5.32. The van der Waals surface area contributed by atoms with Crippen LogP contribution in [0.2, 0.25) is 0 Å². The molecule has 1 saturated heterocycles. The van der Waals surface area contributed by atoms with Crippen molar-refractivity contribution in [2.75, 3.05) is 19.7 Å². The lowest BCUT2D eigenvalue weighted by atomic mass is 9.86. The van der Waals surface area contributed by atoms with Crippen molar-refractivity contribution in [1.29, 1.82) is 0 Å². The third-order valence-electron chi connectivity index (χ3n) is 5.29. The molecular formula is C23H27N3O. The molecule has 27 heavy (non-hydrogen) atoms. The first-order valence-corrected chi connectivity index (χ1v) is 9.69. The number of morpholine rings is 1. The quantitative estimate of drug-likeness (QED) is 0.668. The molecule has 140 valence electrons. The van der Waals surface area contributed by atoms with Crippen molar-refractivity contribution in [3.8, 4) is 0 Å². The van der Waals surface area contributed by atoms with E-state index >= 15 is 0 Å². The second kappa shape index (κ2) is 8.51. The van der Waals surface area contributed by atoms with Crippen LogP contribution in [-0.4, -0.2) is 40.5 Å². The van der Waals surface area contributed by atoms with E-state index in [1.165, 1.54) is 16.7 Å². The summed E-state index contributed by atoms with van der Waals surface area (Å²) in [6.07, 6.45) is 5.29. The lowest BCUT2D eigenvalue weighted by Gasteiger charge is -2.34. The standard InChI is InChI=1S/C23H27N3O/c1-25-16-19(15-24-25)17-26-12-13-27-22(18-26)14-23(20-8-4-2-5-9-20)21-10-6-3-7-11-21/h2-11,15-16,22-23H,12-14,17-18H2,1H3/t22-/m1/s1. The predicted octanol–water partition coefficient (Wildman–Crippen LogP) is 3.84. The van der Waals surface area contributed by atoms with E-state index in [2.05, 4.69) is 76.9 Å². The fourth-order valence-corrected chi connectivity index (χ4v) is 3.98. The highest BCUT2D eigenvalue weighted by Gasteiger charge is 2.25. The van der Waals surface area contributed by atoms with Crippen LogP contribution >= 0.6 is 0 Å². The number of benzene rings is 2. The maximum Gasteiger partial charge on any atom is 0.0711 e. The number of hydrogen-bond acceptors (Lipinski definition) is 3. The van der Waals surface area contributed by atoms with Gasteiger partial charge in [-0.2, -0.15) is 5.10 Å². The molecule has 1 fully saturated rings. The number of ether oxygens (including phenoxy) is 1. The highest BCUT2D eigenvalue weighted by atomic mass is 16.5. The molecule has 0 spiro atoms. The Labute approximate surface area is 161 Å². The van der Waals surface area contributed by atoms with Crippen molar-refractivity contribution in [3.63, 3.8) is 0 Å². The molecule has 0 bridgehead atoms. The lowest BCUT2D eigenvalue weighted by molar-refractivity contribution is -0.0364. The minimum absolute atomic E-state index is 0.237. The van der Waals surface area contributed by atoms with Crippen molar-refractivity contribution >= 4 is 0 Å². The van der Waals surface area contributed by atoms with Gasteiger partial charge in [0.1, 0.15) is 0 Å². The van der Waals surface area contributed by atoms with Gasteiger partial charge in [-0.1, -0.05) is 60.7 Å². The van der Waals surface area contributed by atoms with Crippen molar-refractivity contribution in [2.24, 2.45) is 7.05 Å². The van der Waals surface area contributed by atoms with Crippen LogP contribution in [0.25, 0.3) is 0 Å². The van der Waals surface area contributed by atoms with Gasteiger partial charge in [0.05, 0.1) is 18.9 Å². The van der Waals surface area contributed by atoms with Crippen LogP contribution < -0.4 is 0 Å². The molecule has 0 N–H and O–H groups in total. The van der Waals surface area contributed by atoms with Gasteiger partial charge in [0, 0.05) is 44.4 Å². The summed E-state index contributed by atoms with van der Waals surface area (Å²) in [6, 6.07) is 21.6. The number of aromatic nitrogens is 2. The van der Waals surface area contributed by atoms with Crippen LogP contribution in [0.15, 0.2) is 73.1 Å². The average molecular weight is 361 g/mol. The van der Waals surface area contributed by atoms with Gasteiger partial charge in [-0.15, -0.1) is 0 Å². The minimum Gasteiger partial charge on any atom is -0.376 e. The Balaban J connectivity index is 1.47. The van der Waals surface area contributed by atoms with Gasteiger partial charge in [0.2, 0.25) is 0 Å². The van der Waals surface area contributed by atoms with Crippen molar-refractivity contribution in [2.45, 2.75) is 25.0 Å². The summed E-state index contributed by atoms with van der Waals surface area (Å²) < 4.78 is 8.03. The molecule has 1 atom stereocenters. The third-order valence-corrected chi connectivity index (χ3v) is 5.29. The Hall–Kier alpha value is -2.43. The zero-order chi connectivity index (χ0) is 18.5.